The molecule has 7 heteroatoms. The van der Waals surface area contributed by atoms with E-state index in [1.807, 2.05) is 38.1 Å². The second-order valence-corrected chi connectivity index (χ2v) is 9.56. The molecule has 0 amide bonds. The van der Waals surface area contributed by atoms with Gasteiger partial charge in [-0.3, -0.25) is 14.5 Å². The van der Waals surface area contributed by atoms with Crippen molar-refractivity contribution >= 4 is 24.6 Å². The van der Waals surface area contributed by atoms with E-state index in [-0.39, 0.29) is 30.0 Å². The predicted octanol–water partition coefficient (Wildman–Crippen LogP) is 3.79. The number of carbonyl (C=O) groups is 2. The van der Waals surface area contributed by atoms with Gasteiger partial charge in [-0.1, -0.05) is 38.1 Å². The van der Waals surface area contributed by atoms with E-state index in [1.54, 1.807) is 0 Å². The van der Waals surface area contributed by atoms with Crippen LogP contribution in [0, 0.1) is 5.92 Å². The number of nitrogens with zero attached hydrogens (tertiary/aromatic N) is 2. The van der Waals surface area contributed by atoms with Crippen LogP contribution in [0.5, 0.6) is 0 Å². The van der Waals surface area contributed by atoms with Gasteiger partial charge >= 0.3 is 11.9 Å². The van der Waals surface area contributed by atoms with Gasteiger partial charge in [-0.25, -0.2) is 0 Å². The van der Waals surface area contributed by atoms with Crippen LogP contribution in [0.25, 0.3) is 0 Å². The molecule has 1 aromatic rings. The zero-order valence-corrected chi connectivity index (χ0v) is 21.9. The Morgan fingerprint density at radius 2 is 1.76 bits per heavy atom. The van der Waals surface area contributed by atoms with Gasteiger partial charge in [0.1, 0.15) is 18.8 Å². The third-order valence-electron chi connectivity index (χ3n) is 6.80. The minimum Gasteiger partial charge on any atom is -0.464 e. The first-order valence-corrected chi connectivity index (χ1v) is 12.9. The van der Waals surface area contributed by atoms with Crippen LogP contribution in [-0.4, -0.2) is 80.0 Å². The summed E-state index contributed by atoms with van der Waals surface area (Å²) in [6.45, 7) is 9.21. The highest BCUT2D eigenvalue weighted by Crippen LogP contribution is 2.32. The summed E-state index contributed by atoms with van der Waals surface area (Å²) >= 11 is 4.29. The highest BCUT2D eigenvalue weighted by Gasteiger charge is 2.33. The lowest BCUT2D eigenvalue weighted by atomic mass is 9.93. The van der Waals surface area contributed by atoms with E-state index in [9.17, 15) is 9.59 Å². The highest BCUT2D eigenvalue weighted by molar-refractivity contribution is 7.80. The van der Waals surface area contributed by atoms with Crippen molar-refractivity contribution in [3.05, 3.63) is 35.4 Å². The Hall–Kier alpha value is -1.57. The SMILES string of the molecule is CCN(CC)CCOC(=O)[C@@H](C)c1ccc(C[C@H]2CCC[C@@H]2OC(=O)C(CS)N(C)C)cc1. The van der Waals surface area contributed by atoms with Crippen molar-refractivity contribution in [1.29, 1.82) is 0 Å². The quantitative estimate of drug-likeness (QED) is 0.344. The highest BCUT2D eigenvalue weighted by atomic mass is 32.1. The monoisotopic (exact) mass is 478 g/mol. The zero-order valence-electron chi connectivity index (χ0n) is 21.0. The number of rotatable bonds is 13. The Morgan fingerprint density at radius 1 is 1.09 bits per heavy atom. The van der Waals surface area contributed by atoms with Crippen molar-refractivity contribution in [2.75, 3.05) is 46.1 Å². The molecule has 33 heavy (non-hydrogen) atoms. The maximum absolute atomic E-state index is 12.5. The molecule has 2 rings (SSSR count). The lowest BCUT2D eigenvalue weighted by molar-refractivity contribution is -0.155. The van der Waals surface area contributed by atoms with Crippen LogP contribution < -0.4 is 0 Å². The van der Waals surface area contributed by atoms with Crippen molar-refractivity contribution in [2.24, 2.45) is 5.92 Å². The van der Waals surface area contributed by atoms with Gasteiger partial charge in [-0.15, -0.1) is 0 Å². The Bertz CT molecular complexity index is 736. The molecule has 0 aromatic heterocycles. The largest absolute Gasteiger partial charge is 0.464 e. The van der Waals surface area contributed by atoms with Gasteiger partial charge < -0.3 is 14.4 Å². The van der Waals surface area contributed by atoms with Crippen molar-refractivity contribution in [3.63, 3.8) is 0 Å². The van der Waals surface area contributed by atoms with Gasteiger partial charge in [0.2, 0.25) is 0 Å². The summed E-state index contributed by atoms with van der Waals surface area (Å²) in [6, 6.07) is 7.89. The molecule has 186 valence electrons. The van der Waals surface area contributed by atoms with Gasteiger partial charge in [0.25, 0.3) is 0 Å². The number of thiol groups is 1. The van der Waals surface area contributed by atoms with Gasteiger partial charge in [0.05, 0.1) is 5.92 Å². The van der Waals surface area contributed by atoms with Gasteiger partial charge in [0.15, 0.2) is 0 Å². The first kappa shape index (κ1) is 27.7. The summed E-state index contributed by atoms with van der Waals surface area (Å²) < 4.78 is 11.4. The van der Waals surface area contributed by atoms with Crippen LogP contribution in [0.4, 0.5) is 0 Å². The minimum absolute atomic E-state index is 0.0424. The topological polar surface area (TPSA) is 59.1 Å². The van der Waals surface area contributed by atoms with Crippen LogP contribution >= 0.6 is 12.6 Å². The first-order chi connectivity index (χ1) is 15.8. The average Bonchev–Trinajstić information content (AvgIpc) is 3.23. The summed E-state index contributed by atoms with van der Waals surface area (Å²) in [5.74, 6) is 0.110. The van der Waals surface area contributed by atoms with Crippen LogP contribution in [0.2, 0.25) is 0 Å². The molecule has 1 aliphatic rings. The van der Waals surface area contributed by atoms with Crippen molar-refractivity contribution in [1.82, 2.24) is 9.80 Å². The Morgan fingerprint density at radius 3 is 2.33 bits per heavy atom. The number of hydrogen-bond donors (Lipinski definition) is 1. The number of esters is 2. The van der Waals surface area contributed by atoms with E-state index < -0.39 is 0 Å². The molecule has 0 N–H and O–H groups in total. The number of ether oxygens (including phenoxy) is 2. The molecule has 1 fully saturated rings. The summed E-state index contributed by atoms with van der Waals surface area (Å²) in [5.41, 5.74) is 2.16. The second-order valence-electron chi connectivity index (χ2n) is 9.19. The summed E-state index contributed by atoms with van der Waals surface area (Å²) in [6.07, 6.45) is 3.87. The third kappa shape index (κ3) is 8.30. The molecular weight excluding hydrogens is 436 g/mol. The lowest BCUT2D eigenvalue weighted by Gasteiger charge is -2.26. The molecule has 0 aliphatic heterocycles. The Labute approximate surface area is 205 Å². The van der Waals surface area contributed by atoms with E-state index in [0.717, 1.165) is 50.9 Å². The molecule has 0 bridgehead atoms. The van der Waals surface area contributed by atoms with Gasteiger partial charge in [0, 0.05) is 12.3 Å². The Balaban J connectivity index is 1.88. The number of hydrogen-bond acceptors (Lipinski definition) is 7. The first-order valence-electron chi connectivity index (χ1n) is 12.3. The average molecular weight is 479 g/mol. The second kappa shape index (κ2) is 14.0. The predicted molar refractivity (Wildman–Crippen MR) is 136 cm³/mol. The van der Waals surface area contributed by atoms with Crippen molar-refractivity contribution in [2.45, 2.75) is 64.5 Å². The molecule has 4 atom stereocenters. The summed E-state index contributed by atoms with van der Waals surface area (Å²) in [5, 5.41) is 0. The maximum atomic E-state index is 12.5. The molecule has 0 spiro atoms. The summed E-state index contributed by atoms with van der Waals surface area (Å²) in [7, 11) is 3.75. The number of likely N-dealkylation sites (N-methyl/N-ethyl adjacent to an activating group) is 2. The summed E-state index contributed by atoms with van der Waals surface area (Å²) in [4.78, 5) is 29.1. The maximum Gasteiger partial charge on any atom is 0.324 e. The van der Waals surface area contributed by atoms with Crippen LogP contribution in [-0.2, 0) is 25.5 Å². The van der Waals surface area contributed by atoms with Crippen LogP contribution in [0.15, 0.2) is 24.3 Å². The van der Waals surface area contributed by atoms with Crippen molar-refractivity contribution in [3.8, 4) is 0 Å². The fourth-order valence-corrected chi connectivity index (χ4v) is 4.86. The molecule has 0 heterocycles. The zero-order chi connectivity index (χ0) is 24.4. The minimum atomic E-state index is -0.317. The molecular formula is C26H42N2O4S. The van der Waals surface area contributed by atoms with Gasteiger partial charge in [-0.05, 0) is 76.8 Å². The van der Waals surface area contributed by atoms with Crippen LogP contribution in [0.1, 0.15) is 57.1 Å². The molecule has 1 aromatic carbocycles. The fraction of sp³-hybridized carbons (Fsp3) is 0.692. The van der Waals surface area contributed by atoms with Crippen LogP contribution in [0.3, 0.4) is 0 Å². The molecule has 6 nitrogen and oxygen atoms in total. The molecule has 0 saturated heterocycles. The Kier molecular flexibility index (Phi) is 11.7. The smallest absolute Gasteiger partial charge is 0.324 e. The normalized spacial score (nSPS) is 20.1. The van der Waals surface area contributed by atoms with Gasteiger partial charge in [-0.2, -0.15) is 12.6 Å². The molecule has 1 saturated carbocycles. The molecule has 1 aliphatic carbocycles. The third-order valence-corrected chi connectivity index (χ3v) is 7.15. The molecule has 1 unspecified atom stereocenters. The number of benzene rings is 1. The lowest BCUT2D eigenvalue weighted by Crippen LogP contribution is -2.41. The van der Waals surface area contributed by atoms with E-state index in [2.05, 4.69) is 43.5 Å². The van der Waals surface area contributed by atoms with E-state index in [1.165, 1.54) is 5.56 Å². The van der Waals surface area contributed by atoms with E-state index in [0.29, 0.717) is 18.3 Å². The van der Waals surface area contributed by atoms with Crippen molar-refractivity contribution < 1.29 is 19.1 Å². The number of carbonyl (C=O) groups excluding carboxylic acids is 2. The van der Waals surface area contributed by atoms with E-state index in [4.69, 9.17) is 9.47 Å². The van der Waals surface area contributed by atoms with E-state index >= 15 is 0 Å². The molecule has 0 radical (unpaired) electrons. The fourth-order valence-electron chi connectivity index (χ4n) is 4.39. The standard InChI is InChI=1S/C26H42N2O4S/c1-6-28(7-2)15-16-31-25(29)19(3)21-13-11-20(12-14-21)17-22-9-8-10-24(22)32-26(30)23(18-33)27(4)5/h11-14,19,22-24,33H,6-10,15-18H2,1-5H3/t19-,22+,23?,24-/m0/s1.